The fourth-order valence-corrected chi connectivity index (χ4v) is 2.94. The lowest BCUT2D eigenvalue weighted by Crippen LogP contribution is -2.51. The maximum atomic E-state index is 12.0. The lowest BCUT2D eigenvalue weighted by atomic mass is 10.1. The summed E-state index contributed by atoms with van der Waals surface area (Å²) >= 11 is 1.78. The van der Waals surface area contributed by atoms with E-state index in [1.165, 1.54) is 4.88 Å². The van der Waals surface area contributed by atoms with Crippen molar-refractivity contribution < 1.29 is 4.79 Å². The van der Waals surface area contributed by atoms with Crippen LogP contribution in [0.25, 0.3) is 0 Å². The quantitative estimate of drug-likeness (QED) is 0.887. The fourth-order valence-electron chi connectivity index (χ4n) is 2.19. The molecule has 17 heavy (non-hydrogen) atoms. The van der Waals surface area contributed by atoms with Crippen LogP contribution < -0.4 is 5.32 Å². The van der Waals surface area contributed by atoms with Crippen molar-refractivity contribution in [3.8, 4) is 0 Å². The molecule has 0 bridgehead atoms. The number of piperazine rings is 1. The van der Waals surface area contributed by atoms with Gasteiger partial charge in [-0.25, -0.2) is 0 Å². The van der Waals surface area contributed by atoms with Crippen LogP contribution in [0.1, 0.15) is 24.6 Å². The lowest BCUT2D eigenvalue weighted by molar-refractivity contribution is -0.132. The van der Waals surface area contributed by atoms with E-state index in [-0.39, 0.29) is 0 Å². The molecule has 94 valence electrons. The zero-order valence-corrected chi connectivity index (χ0v) is 11.1. The number of carbonyl (C=O) groups excluding carboxylic acids is 1. The molecule has 2 rings (SSSR count). The van der Waals surface area contributed by atoms with Crippen molar-refractivity contribution >= 4 is 17.2 Å². The number of hydrogen-bond acceptors (Lipinski definition) is 3. The van der Waals surface area contributed by atoms with Crippen LogP contribution in [-0.2, 0) is 11.2 Å². The smallest absolute Gasteiger partial charge is 0.222 e. The van der Waals surface area contributed by atoms with E-state index in [0.29, 0.717) is 18.4 Å². The molecule has 3 nitrogen and oxygen atoms in total. The summed E-state index contributed by atoms with van der Waals surface area (Å²) in [6, 6.07) is 4.65. The SMILES string of the molecule is C[C@H]1CN(C(=O)CCCc2cccs2)CCN1. The van der Waals surface area contributed by atoms with Crippen molar-refractivity contribution in [2.75, 3.05) is 19.6 Å². The number of nitrogens with one attached hydrogen (secondary N) is 1. The Hall–Kier alpha value is -0.870. The molecule has 0 spiro atoms. The van der Waals surface area contributed by atoms with Gasteiger partial charge in [0, 0.05) is 37.0 Å². The van der Waals surface area contributed by atoms with E-state index in [1.807, 2.05) is 4.90 Å². The van der Waals surface area contributed by atoms with Gasteiger partial charge in [-0.2, -0.15) is 0 Å². The molecule has 1 aromatic rings. The van der Waals surface area contributed by atoms with E-state index in [1.54, 1.807) is 11.3 Å². The molecule has 0 unspecified atom stereocenters. The third-order valence-corrected chi connectivity index (χ3v) is 4.05. The Morgan fingerprint density at radius 1 is 1.65 bits per heavy atom. The number of carbonyl (C=O) groups is 1. The van der Waals surface area contributed by atoms with Crippen LogP contribution in [0.2, 0.25) is 0 Å². The number of hydrogen-bond donors (Lipinski definition) is 1. The van der Waals surface area contributed by atoms with E-state index in [0.717, 1.165) is 32.5 Å². The Labute approximate surface area is 107 Å². The molecular formula is C13H20N2OS. The average molecular weight is 252 g/mol. The van der Waals surface area contributed by atoms with E-state index >= 15 is 0 Å². The van der Waals surface area contributed by atoms with Gasteiger partial charge in [0.15, 0.2) is 0 Å². The van der Waals surface area contributed by atoms with Crippen LogP contribution in [0.3, 0.4) is 0 Å². The summed E-state index contributed by atoms with van der Waals surface area (Å²) in [6.45, 7) is 4.78. The van der Waals surface area contributed by atoms with Gasteiger partial charge in [0.2, 0.25) is 5.91 Å². The monoisotopic (exact) mass is 252 g/mol. The standard InChI is InChI=1S/C13H20N2OS/c1-11-10-15(8-7-14-11)13(16)6-2-4-12-5-3-9-17-12/h3,5,9,11,14H,2,4,6-8,10H2,1H3/t11-/m0/s1. The lowest BCUT2D eigenvalue weighted by Gasteiger charge is -2.32. The molecule has 1 fully saturated rings. The zero-order chi connectivity index (χ0) is 12.1. The number of amides is 1. The average Bonchev–Trinajstić information content (AvgIpc) is 2.82. The van der Waals surface area contributed by atoms with E-state index in [4.69, 9.17) is 0 Å². The second-order valence-corrected chi connectivity index (χ2v) is 5.66. The Bertz CT molecular complexity index is 350. The van der Waals surface area contributed by atoms with E-state index < -0.39 is 0 Å². The van der Waals surface area contributed by atoms with Gasteiger partial charge >= 0.3 is 0 Å². The molecule has 4 heteroatoms. The minimum absolute atomic E-state index is 0.315. The second kappa shape index (κ2) is 6.17. The molecule has 1 amide bonds. The minimum Gasteiger partial charge on any atom is -0.340 e. The first-order chi connectivity index (χ1) is 8.25. The topological polar surface area (TPSA) is 32.3 Å². The van der Waals surface area contributed by atoms with E-state index in [9.17, 15) is 4.79 Å². The van der Waals surface area contributed by atoms with Crippen LogP contribution >= 0.6 is 11.3 Å². The molecule has 1 aliphatic rings. The van der Waals surface area contributed by atoms with Crippen molar-refractivity contribution in [3.05, 3.63) is 22.4 Å². The summed E-state index contributed by atoms with van der Waals surface area (Å²) in [5, 5.41) is 5.45. The molecule has 1 atom stereocenters. The fraction of sp³-hybridized carbons (Fsp3) is 0.615. The molecule has 1 aromatic heterocycles. The maximum Gasteiger partial charge on any atom is 0.222 e. The third kappa shape index (κ3) is 3.82. The largest absolute Gasteiger partial charge is 0.340 e. The summed E-state index contributed by atoms with van der Waals surface area (Å²) in [7, 11) is 0. The number of rotatable bonds is 4. The van der Waals surface area contributed by atoms with Gasteiger partial charge in [0.25, 0.3) is 0 Å². The molecule has 0 aromatic carbocycles. The zero-order valence-electron chi connectivity index (χ0n) is 10.3. The molecule has 0 aliphatic carbocycles. The Kier molecular flexibility index (Phi) is 4.57. The summed E-state index contributed by atoms with van der Waals surface area (Å²) in [5.41, 5.74) is 0. The van der Waals surface area contributed by atoms with Gasteiger partial charge in [0.1, 0.15) is 0 Å². The van der Waals surface area contributed by atoms with Crippen molar-refractivity contribution in [2.24, 2.45) is 0 Å². The first-order valence-corrected chi connectivity index (χ1v) is 7.17. The minimum atomic E-state index is 0.315. The van der Waals surface area contributed by atoms with Gasteiger partial charge in [-0.15, -0.1) is 11.3 Å². The Balaban J connectivity index is 1.70. The van der Waals surface area contributed by atoms with Gasteiger partial charge in [0.05, 0.1) is 0 Å². The molecule has 0 radical (unpaired) electrons. The predicted octanol–water partition coefficient (Wildman–Crippen LogP) is 1.89. The van der Waals surface area contributed by atoms with Gasteiger partial charge in [-0.1, -0.05) is 6.07 Å². The maximum absolute atomic E-state index is 12.0. The highest BCUT2D eigenvalue weighted by atomic mass is 32.1. The highest BCUT2D eigenvalue weighted by Gasteiger charge is 2.19. The molecule has 1 aliphatic heterocycles. The molecule has 0 saturated carbocycles. The van der Waals surface area contributed by atoms with Crippen LogP contribution in [0.5, 0.6) is 0 Å². The van der Waals surface area contributed by atoms with Crippen LogP contribution in [0.4, 0.5) is 0 Å². The first-order valence-electron chi connectivity index (χ1n) is 6.29. The number of thiophene rings is 1. The van der Waals surface area contributed by atoms with Crippen LogP contribution in [-0.4, -0.2) is 36.5 Å². The predicted molar refractivity (Wildman–Crippen MR) is 71.3 cm³/mol. The third-order valence-electron chi connectivity index (χ3n) is 3.12. The molecule has 1 saturated heterocycles. The van der Waals surface area contributed by atoms with Crippen molar-refractivity contribution in [1.82, 2.24) is 10.2 Å². The Morgan fingerprint density at radius 2 is 2.53 bits per heavy atom. The van der Waals surface area contributed by atoms with Crippen molar-refractivity contribution in [2.45, 2.75) is 32.2 Å². The number of nitrogens with zero attached hydrogens (tertiary/aromatic N) is 1. The van der Waals surface area contributed by atoms with Gasteiger partial charge in [-0.3, -0.25) is 4.79 Å². The number of aryl methyl sites for hydroxylation is 1. The summed E-state index contributed by atoms with van der Waals surface area (Å²) < 4.78 is 0. The van der Waals surface area contributed by atoms with Crippen LogP contribution in [0, 0.1) is 0 Å². The van der Waals surface area contributed by atoms with Crippen molar-refractivity contribution in [3.63, 3.8) is 0 Å². The van der Waals surface area contributed by atoms with Crippen molar-refractivity contribution in [1.29, 1.82) is 0 Å². The highest BCUT2D eigenvalue weighted by Crippen LogP contribution is 2.13. The Morgan fingerprint density at radius 3 is 3.24 bits per heavy atom. The molecule has 2 heterocycles. The molecular weight excluding hydrogens is 232 g/mol. The summed E-state index contributed by atoms with van der Waals surface area (Å²) in [5.74, 6) is 0.315. The van der Waals surface area contributed by atoms with E-state index in [2.05, 4.69) is 29.8 Å². The summed E-state index contributed by atoms with van der Waals surface area (Å²) in [4.78, 5) is 15.4. The molecule has 1 N–H and O–H groups in total. The summed E-state index contributed by atoms with van der Waals surface area (Å²) in [6.07, 6.45) is 2.69. The highest BCUT2D eigenvalue weighted by molar-refractivity contribution is 7.09. The van der Waals surface area contributed by atoms with Crippen LogP contribution in [0.15, 0.2) is 17.5 Å². The van der Waals surface area contributed by atoms with Gasteiger partial charge in [-0.05, 0) is 31.2 Å². The van der Waals surface area contributed by atoms with Gasteiger partial charge < -0.3 is 10.2 Å². The first kappa shape index (κ1) is 12.6. The normalized spacial score (nSPS) is 20.5. The second-order valence-electron chi connectivity index (χ2n) is 4.63.